The number of para-hydroxylation sites is 4. The van der Waals surface area contributed by atoms with Crippen molar-refractivity contribution in [3.8, 4) is 17.1 Å². The van der Waals surface area contributed by atoms with E-state index in [1.165, 1.54) is 132 Å². The molecule has 0 spiro atoms. The highest BCUT2D eigenvalue weighted by molar-refractivity contribution is 6.98. The maximum Gasteiger partial charge on any atom is 0.247 e. The molecular weight excluding hydrogens is 773 g/mol. The van der Waals surface area contributed by atoms with Crippen molar-refractivity contribution in [3.63, 3.8) is 0 Å². The Morgan fingerprint density at radius 3 is 1.39 bits per heavy atom. The lowest BCUT2D eigenvalue weighted by Crippen LogP contribution is -2.58. The molecule has 11 aromatic rings. The van der Waals surface area contributed by atoms with Gasteiger partial charge < -0.3 is 13.7 Å². The van der Waals surface area contributed by atoms with Crippen molar-refractivity contribution in [2.75, 3.05) is 0 Å². The molecule has 0 saturated heterocycles. The van der Waals surface area contributed by atoms with Gasteiger partial charge in [-0.2, -0.15) is 0 Å². The minimum Gasteiger partial charge on any atom is -0.310 e. The molecule has 3 aromatic heterocycles. The minimum atomic E-state index is 0.0284. The lowest BCUT2D eigenvalue weighted by Gasteiger charge is -2.31. The van der Waals surface area contributed by atoms with E-state index >= 15 is 0 Å². The zero-order chi connectivity index (χ0) is 44.1. The van der Waals surface area contributed by atoms with Gasteiger partial charge in [0.05, 0.1) is 44.5 Å². The molecule has 8 aromatic carbocycles. The van der Waals surface area contributed by atoms with Crippen molar-refractivity contribution in [2.45, 2.75) is 80.1 Å². The van der Waals surface area contributed by atoms with Crippen LogP contribution in [0.15, 0.2) is 146 Å². The Bertz CT molecular complexity index is 3640. The quantitative estimate of drug-likeness (QED) is 0.158. The van der Waals surface area contributed by atoms with E-state index in [4.69, 9.17) is 0 Å². The molecule has 0 fully saturated rings. The highest BCUT2D eigenvalue weighted by atomic mass is 15.0. The molecule has 0 unspecified atom stereocenters. The lowest BCUT2D eigenvalue weighted by molar-refractivity contribution is 0.590. The van der Waals surface area contributed by atoms with Gasteiger partial charge in [0.15, 0.2) is 0 Å². The first-order valence-electron chi connectivity index (χ1n) is 23.1. The average molecular weight is 828 g/mol. The summed E-state index contributed by atoms with van der Waals surface area (Å²) in [7, 11) is 0. The van der Waals surface area contributed by atoms with Gasteiger partial charge in [0.1, 0.15) is 0 Å². The highest BCUT2D eigenvalue weighted by Gasteiger charge is 2.38. The fourth-order valence-electron chi connectivity index (χ4n) is 11.7. The van der Waals surface area contributed by atoms with Crippen LogP contribution in [-0.2, 0) is 10.8 Å². The van der Waals surface area contributed by atoms with E-state index in [-0.39, 0.29) is 17.5 Å². The van der Waals surface area contributed by atoms with Crippen LogP contribution in [-0.4, -0.2) is 20.4 Å². The summed E-state index contributed by atoms with van der Waals surface area (Å²) in [6, 6.07) is 55.4. The van der Waals surface area contributed by atoms with Crippen LogP contribution in [0.4, 0.5) is 0 Å². The first kappa shape index (κ1) is 38.9. The van der Waals surface area contributed by atoms with Gasteiger partial charge in [-0.05, 0) is 126 Å². The van der Waals surface area contributed by atoms with Crippen LogP contribution in [0.5, 0.6) is 0 Å². The fraction of sp³-hybridized carbons (Fsp3) is 0.200. The Morgan fingerprint density at radius 2 is 0.844 bits per heavy atom. The number of fused-ring (bicyclic) bond motifs is 11. The maximum atomic E-state index is 2.58. The van der Waals surface area contributed by atoms with Crippen molar-refractivity contribution in [1.29, 1.82) is 0 Å². The first-order chi connectivity index (χ1) is 30.7. The summed E-state index contributed by atoms with van der Waals surface area (Å²) < 4.78 is 7.68. The summed E-state index contributed by atoms with van der Waals surface area (Å²) in [5, 5.41) is 7.79. The predicted molar refractivity (Wildman–Crippen MR) is 277 cm³/mol. The molecule has 1 aliphatic rings. The molecule has 312 valence electrons. The molecule has 4 heteroatoms. The van der Waals surface area contributed by atoms with Crippen LogP contribution >= 0.6 is 0 Å². The standard InChI is InChI=1S/C60H54BN3/c1-35-37(3)57(63-48-23-15-11-19-41(48)42-20-12-16-24-49(42)63)38(4)36(2)56(35)61-46-22-14-18-26-53(46)64-50-25-17-13-21-43(50)55-54(32-29-47(61)58(55)64)62-51-30-27-39(59(5,6)7)33-44(51)45-34-40(60(8,9)10)28-31-52(45)62/h11-34H,1-10H3. The number of hydrogen-bond acceptors (Lipinski definition) is 0. The first-order valence-corrected chi connectivity index (χ1v) is 23.1. The molecule has 0 radical (unpaired) electrons. The van der Waals surface area contributed by atoms with Gasteiger partial charge in [0.25, 0.3) is 0 Å². The van der Waals surface area contributed by atoms with Crippen LogP contribution in [0, 0.1) is 27.7 Å². The molecule has 12 rings (SSSR count). The smallest absolute Gasteiger partial charge is 0.247 e. The summed E-state index contributed by atoms with van der Waals surface area (Å²) in [6.07, 6.45) is 0. The van der Waals surface area contributed by atoms with Gasteiger partial charge in [-0.1, -0.05) is 149 Å². The zero-order valence-corrected chi connectivity index (χ0v) is 38.8. The van der Waals surface area contributed by atoms with Gasteiger partial charge in [-0.3, -0.25) is 0 Å². The minimum absolute atomic E-state index is 0.0284. The van der Waals surface area contributed by atoms with E-state index in [0.717, 1.165) is 0 Å². The number of nitrogens with zero attached hydrogens (tertiary/aromatic N) is 3. The zero-order valence-electron chi connectivity index (χ0n) is 38.8. The van der Waals surface area contributed by atoms with E-state index < -0.39 is 0 Å². The summed E-state index contributed by atoms with van der Waals surface area (Å²) in [5.74, 6) is 0. The van der Waals surface area contributed by atoms with Gasteiger partial charge in [-0.15, -0.1) is 0 Å². The van der Waals surface area contributed by atoms with Gasteiger partial charge in [0.2, 0.25) is 6.71 Å². The molecule has 0 N–H and O–H groups in total. The lowest BCUT2D eigenvalue weighted by atomic mass is 9.34. The fourth-order valence-corrected chi connectivity index (χ4v) is 11.7. The third-order valence-electron chi connectivity index (χ3n) is 15.1. The van der Waals surface area contributed by atoms with Gasteiger partial charge in [0, 0.05) is 38.0 Å². The predicted octanol–water partition coefficient (Wildman–Crippen LogP) is 13.6. The van der Waals surface area contributed by atoms with Gasteiger partial charge >= 0.3 is 0 Å². The summed E-state index contributed by atoms with van der Waals surface area (Å²) >= 11 is 0. The van der Waals surface area contributed by atoms with Crippen molar-refractivity contribution in [3.05, 3.63) is 179 Å². The number of rotatable bonds is 3. The molecule has 0 aliphatic carbocycles. The maximum absolute atomic E-state index is 2.58. The summed E-state index contributed by atoms with van der Waals surface area (Å²) in [6.45, 7) is 23.4. The van der Waals surface area contributed by atoms with Crippen molar-refractivity contribution >= 4 is 88.5 Å². The molecule has 64 heavy (non-hydrogen) atoms. The molecule has 1 aliphatic heterocycles. The summed E-state index contributed by atoms with van der Waals surface area (Å²) in [4.78, 5) is 0. The van der Waals surface area contributed by atoms with E-state index in [2.05, 4.69) is 229 Å². The Balaban J connectivity index is 1.17. The largest absolute Gasteiger partial charge is 0.310 e. The second-order valence-corrected chi connectivity index (χ2v) is 20.7. The van der Waals surface area contributed by atoms with Crippen LogP contribution < -0.4 is 16.4 Å². The van der Waals surface area contributed by atoms with Crippen LogP contribution in [0.3, 0.4) is 0 Å². The van der Waals surface area contributed by atoms with E-state index in [9.17, 15) is 0 Å². The molecule has 0 atom stereocenters. The molecule has 4 heterocycles. The van der Waals surface area contributed by atoms with Crippen LogP contribution in [0.25, 0.3) is 82.5 Å². The molecule has 0 saturated carbocycles. The SMILES string of the molecule is Cc1c(C)c(-n2c3ccccc3c3ccccc32)c(C)c(C)c1B1c2ccccc2-n2c3ccccc3c3c(-n4c5ccc(C(C)(C)C)cc5c5cc(C(C)(C)C)ccc54)ccc1c32. The second kappa shape index (κ2) is 13.4. The molecule has 3 nitrogen and oxygen atoms in total. The third kappa shape index (κ3) is 5.23. The van der Waals surface area contributed by atoms with E-state index in [1.54, 1.807) is 0 Å². The number of aromatic nitrogens is 3. The normalized spacial score (nSPS) is 13.1. The molecular formula is C60H54BN3. The van der Waals surface area contributed by atoms with E-state index in [1.807, 2.05) is 0 Å². The Morgan fingerprint density at radius 1 is 0.375 bits per heavy atom. The summed E-state index contributed by atoms with van der Waals surface area (Å²) in [5.41, 5.74) is 23.6. The monoisotopic (exact) mass is 827 g/mol. The van der Waals surface area contributed by atoms with E-state index in [0.29, 0.717) is 0 Å². The third-order valence-corrected chi connectivity index (χ3v) is 15.1. The van der Waals surface area contributed by atoms with Gasteiger partial charge in [-0.25, -0.2) is 0 Å². The second-order valence-electron chi connectivity index (χ2n) is 20.7. The highest BCUT2D eigenvalue weighted by Crippen LogP contribution is 2.43. The van der Waals surface area contributed by atoms with Crippen molar-refractivity contribution in [1.82, 2.24) is 13.7 Å². The molecule has 0 amide bonds. The Labute approximate surface area is 376 Å². The van der Waals surface area contributed by atoms with Crippen molar-refractivity contribution in [2.24, 2.45) is 0 Å². The van der Waals surface area contributed by atoms with Crippen LogP contribution in [0.1, 0.15) is 74.9 Å². The topological polar surface area (TPSA) is 14.8 Å². The van der Waals surface area contributed by atoms with Crippen molar-refractivity contribution < 1.29 is 0 Å². The average Bonchev–Trinajstić information content (AvgIpc) is 3.93. The number of hydrogen-bond donors (Lipinski definition) is 0. The van der Waals surface area contributed by atoms with Crippen LogP contribution in [0.2, 0.25) is 0 Å². The Kier molecular flexibility index (Phi) is 8.12. The number of benzene rings is 8. The molecule has 0 bridgehead atoms. The Hall–Kier alpha value is -6.78.